The Morgan fingerprint density at radius 1 is 1.33 bits per heavy atom. The molecule has 1 heterocycles. The Morgan fingerprint density at radius 3 is 2.83 bits per heavy atom. The van der Waals surface area contributed by atoms with E-state index in [0.717, 1.165) is 34.3 Å². The fourth-order valence-corrected chi connectivity index (χ4v) is 3.20. The first-order chi connectivity index (χ1) is 8.78. The second-order valence-electron chi connectivity index (χ2n) is 3.83. The topological polar surface area (TPSA) is 24.9 Å². The summed E-state index contributed by atoms with van der Waals surface area (Å²) in [6, 6.07) is 6.58. The lowest BCUT2D eigenvalue weighted by molar-refractivity contribution is 0.626. The summed E-state index contributed by atoms with van der Waals surface area (Å²) in [5.41, 5.74) is 1.14. The first kappa shape index (κ1) is 13.5. The third kappa shape index (κ3) is 4.08. The van der Waals surface area contributed by atoms with Gasteiger partial charge in [-0.2, -0.15) is 0 Å². The van der Waals surface area contributed by atoms with E-state index in [2.05, 4.69) is 15.7 Å². The number of aromatic nitrogens is 1. The zero-order chi connectivity index (χ0) is 12.8. The second kappa shape index (κ2) is 6.87. The third-order valence-corrected chi connectivity index (χ3v) is 4.51. The Hall–Kier alpha value is -0.910. The molecule has 2 nitrogen and oxygen atoms in total. The Balaban J connectivity index is 1.86. The molecule has 0 aliphatic heterocycles. The highest BCUT2D eigenvalue weighted by atomic mass is 32.2. The highest BCUT2D eigenvalue weighted by Gasteiger charge is 2.03. The van der Waals surface area contributed by atoms with Gasteiger partial charge in [-0.1, -0.05) is 0 Å². The number of likely N-dealkylation sites (N-methyl/N-ethyl adjacent to an activating group) is 1. The summed E-state index contributed by atoms with van der Waals surface area (Å²) in [4.78, 5) is 5.64. The Kier molecular flexibility index (Phi) is 5.16. The minimum Gasteiger partial charge on any atom is -0.319 e. The molecule has 0 amide bonds. The molecule has 0 spiro atoms. The van der Waals surface area contributed by atoms with Crippen LogP contribution in [0, 0.1) is 5.82 Å². The molecule has 1 N–H and O–H groups in total. The maximum atomic E-state index is 12.7. The molecule has 2 rings (SSSR count). The molecule has 0 aliphatic rings. The molecular formula is C13H15FN2S2. The lowest BCUT2D eigenvalue weighted by Gasteiger charge is -1.98. The number of thiazole rings is 1. The molecule has 0 bridgehead atoms. The molecular weight excluding hydrogens is 267 g/mol. The molecule has 0 fully saturated rings. The number of hydrogen-bond donors (Lipinski definition) is 1. The van der Waals surface area contributed by atoms with E-state index in [0.29, 0.717) is 0 Å². The van der Waals surface area contributed by atoms with Crippen molar-refractivity contribution in [2.45, 2.75) is 17.1 Å². The summed E-state index contributed by atoms with van der Waals surface area (Å²) in [5.74, 6) is 0.651. The van der Waals surface area contributed by atoms with Gasteiger partial charge in [-0.05, 0) is 31.3 Å². The average Bonchev–Trinajstić information content (AvgIpc) is 2.84. The minimum absolute atomic E-state index is 0.192. The monoisotopic (exact) mass is 282 g/mol. The molecule has 96 valence electrons. The van der Waals surface area contributed by atoms with Crippen LogP contribution in [0.1, 0.15) is 10.7 Å². The van der Waals surface area contributed by atoms with E-state index >= 15 is 0 Å². The van der Waals surface area contributed by atoms with Crippen molar-refractivity contribution in [3.8, 4) is 0 Å². The highest BCUT2D eigenvalue weighted by molar-refractivity contribution is 7.98. The zero-order valence-corrected chi connectivity index (χ0v) is 11.8. The predicted octanol–water partition coefficient (Wildman–Crippen LogP) is 3.34. The van der Waals surface area contributed by atoms with Crippen LogP contribution in [0.4, 0.5) is 4.39 Å². The van der Waals surface area contributed by atoms with Gasteiger partial charge < -0.3 is 5.32 Å². The normalized spacial score (nSPS) is 10.8. The summed E-state index contributed by atoms with van der Waals surface area (Å²) in [7, 11) is 1.94. The maximum absolute atomic E-state index is 12.7. The van der Waals surface area contributed by atoms with Gasteiger partial charge in [0.15, 0.2) is 0 Å². The van der Waals surface area contributed by atoms with Crippen LogP contribution in [0.15, 0.2) is 34.5 Å². The lowest BCUT2D eigenvalue weighted by Crippen LogP contribution is -2.10. The minimum atomic E-state index is -0.192. The fraction of sp³-hybridized carbons (Fsp3) is 0.308. The van der Waals surface area contributed by atoms with E-state index in [4.69, 9.17) is 0 Å². The Bertz CT molecular complexity index is 482. The molecule has 5 heteroatoms. The number of rotatable bonds is 6. The maximum Gasteiger partial charge on any atom is 0.123 e. The van der Waals surface area contributed by atoms with Crippen molar-refractivity contribution >= 4 is 23.1 Å². The first-order valence-electron chi connectivity index (χ1n) is 5.74. The number of nitrogens with zero attached hydrogens (tertiary/aromatic N) is 1. The summed E-state index contributed by atoms with van der Waals surface area (Å²) < 4.78 is 12.7. The van der Waals surface area contributed by atoms with E-state index in [1.54, 1.807) is 35.2 Å². The Labute approximate surface area is 115 Å². The summed E-state index contributed by atoms with van der Waals surface area (Å²) in [6.07, 6.45) is 0.966. The SMILES string of the molecule is CNCCc1csc(CSc2ccc(F)cc2)n1. The van der Waals surface area contributed by atoms with Crippen LogP contribution < -0.4 is 5.32 Å². The van der Waals surface area contributed by atoms with Crippen molar-refractivity contribution in [2.75, 3.05) is 13.6 Å². The number of halogens is 1. The average molecular weight is 282 g/mol. The van der Waals surface area contributed by atoms with Gasteiger partial charge in [0.25, 0.3) is 0 Å². The molecule has 0 saturated heterocycles. The van der Waals surface area contributed by atoms with E-state index in [1.165, 1.54) is 12.1 Å². The Morgan fingerprint density at radius 2 is 2.11 bits per heavy atom. The van der Waals surface area contributed by atoms with Gasteiger partial charge in [-0.3, -0.25) is 0 Å². The van der Waals surface area contributed by atoms with Crippen molar-refractivity contribution in [3.05, 3.63) is 46.2 Å². The second-order valence-corrected chi connectivity index (χ2v) is 5.82. The smallest absolute Gasteiger partial charge is 0.123 e. The van der Waals surface area contributed by atoms with Gasteiger partial charge in [-0.15, -0.1) is 23.1 Å². The predicted molar refractivity (Wildman–Crippen MR) is 75.7 cm³/mol. The van der Waals surface area contributed by atoms with Crippen molar-refractivity contribution in [1.82, 2.24) is 10.3 Å². The van der Waals surface area contributed by atoms with Crippen LogP contribution in [0.3, 0.4) is 0 Å². The number of benzene rings is 1. The van der Waals surface area contributed by atoms with Crippen LogP contribution >= 0.6 is 23.1 Å². The number of nitrogens with one attached hydrogen (secondary N) is 1. The van der Waals surface area contributed by atoms with Gasteiger partial charge >= 0.3 is 0 Å². The molecule has 0 aliphatic carbocycles. The fourth-order valence-electron chi connectivity index (χ4n) is 1.46. The number of hydrogen-bond acceptors (Lipinski definition) is 4. The highest BCUT2D eigenvalue weighted by Crippen LogP contribution is 2.24. The quantitative estimate of drug-likeness (QED) is 0.823. The van der Waals surface area contributed by atoms with Crippen molar-refractivity contribution < 1.29 is 4.39 Å². The van der Waals surface area contributed by atoms with Gasteiger partial charge in [0, 0.05) is 23.2 Å². The van der Waals surface area contributed by atoms with Gasteiger partial charge in [-0.25, -0.2) is 9.37 Å². The molecule has 1 aromatic carbocycles. The van der Waals surface area contributed by atoms with Gasteiger partial charge in [0.05, 0.1) is 11.4 Å². The molecule has 2 aromatic rings. The summed E-state index contributed by atoms with van der Waals surface area (Å²) in [5, 5.41) is 6.34. The van der Waals surface area contributed by atoms with Gasteiger partial charge in [0.2, 0.25) is 0 Å². The summed E-state index contributed by atoms with van der Waals surface area (Å²) >= 11 is 3.37. The number of thioether (sulfide) groups is 1. The third-order valence-electron chi connectivity index (χ3n) is 2.41. The molecule has 0 saturated carbocycles. The van der Waals surface area contributed by atoms with E-state index in [1.807, 2.05) is 7.05 Å². The standard InChI is InChI=1S/C13H15FN2S2/c1-15-7-6-11-8-18-13(16-11)9-17-12-4-2-10(14)3-5-12/h2-5,8,15H,6-7,9H2,1H3. The molecule has 0 atom stereocenters. The zero-order valence-electron chi connectivity index (χ0n) is 10.1. The van der Waals surface area contributed by atoms with E-state index in [-0.39, 0.29) is 5.82 Å². The van der Waals surface area contributed by atoms with Crippen LogP contribution in [-0.4, -0.2) is 18.6 Å². The van der Waals surface area contributed by atoms with Crippen molar-refractivity contribution in [2.24, 2.45) is 0 Å². The van der Waals surface area contributed by atoms with Crippen LogP contribution in [0.5, 0.6) is 0 Å². The van der Waals surface area contributed by atoms with E-state index in [9.17, 15) is 4.39 Å². The van der Waals surface area contributed by atoms with Gasteiger partial charge in [0.1, 0.15) is 10.8 Å². The lowest BCUT2D eigenvalue weighted by atomic mass is 10.3. The van der Waals surface area contributed by atoms with Crippen LogP contribution in [-0.2, 0) is 12.2 Å². The van der Waals surface area contributed by atoms with Crippen molar-refractivity contribution in [1.29, 1.82) is 0 Å². The van der Waals surface area contributed by atoms with Crippen LogP contribution in [0.25, 0.3) is 0 Å². The van der Waals surface area contributed by atoms with Crippen LogP contribution in [0.2, 0.25) is 0 Å². The van der Waals surface area contributed by atoms with E-state index < -0.39 is 0 Å². The molecule has 0 unspecified atom stereocenters. The first-order valence-corrected chi connectivity index (χ1v) is 7.60. The van der Waals surface area contributed by atoms with Crippen molar-refractivity contribution in [3.63, 3.8) is 0 Å². The molecule has 18 heavy (non-hydrogen) atoms. The summed E-state index contributed by atoms with van der Waals surface area (Å²) in [6.45, 7) is 0.953. The largest absolute Gasteiger partial charge is 0.319 e. The molecule has 0 radical (unpaired) electrons. The molecule has 1 aromatic heterocycles.